The van der Waals surface area contributed by atoms with Crippen molar-refractivity contribution in [3.63, 3.8) is 0 Å². The zero-order chi connectivity index (χ0) is 50.4. The van der Waals surface area contributed by atoms with Crippen LogP contribution in [0.2, 0.25) is 0 Å². The van der Waals surface area contributed by atoms with E-state index in [1.807, 2.05) is 25.3 Å². The van der Waals surface area contributed by atoms with Gasteiger partial charge < -0.3 is 15.4 Å². The highest BCUT2D eigenvalue weighted by Crippen LogP contribution is 2.62. The SMILES string of the molecule is C.CC1(C(=O)Nc2nc(-c3cccc4ccccc34)cs2)CC2c3ccccc3C1c1ccccc12.CC1(CNc2nc(-c3cccc4ccccc34)cs2)CC2c3ccccc3C1c1ccccc12.CCOCC. The zero-order valence-electron chi connectivity index (χ0n) is 42.3. The van der Waals surface area contributed by atoms with E-state index in [-0.39, 0.29) is 30.6 Å². The van der Waals surface area contributed by atoms with Crippen LogP contribution >= 0.6 is 22.7 Å². The largest absolute Gasteiger partial charge is 0.382 e. The maximum Gasteiger partial charge on any atom is 0.233 e. The third-order valence-electron chi connectivity index (χ3n) is 16.3. The Hall–Kier alpha value is -7.23. The van der Waals surface area contributed by atoms with Crippen LogP contribution in [0.5, 0.6) is 0 Å². The molecule has 1 amide bonds. The van der Waals surface area contributed by atoms with Crippen molar-refractivity contribution in [2.45, 2.75) is 71.6 Å². The average Bonchev–Trinajstić information content (AvgIpc) is 4.15. The van der Waals surface area contributed by atoms with Crippen molar-refractivity contribution in [2.75, 3.05) is 30.4 Å². The Morgan fingerprint density at radius 2 is 0.920 bits per heavy atom. The number of thiazole rings is 2. The van der Waals surface area contributed by atoms with E-state index in [0.29, 0.717) is 17.0 Å². The van der Waals surface area contributed by atoms with Gasteiger partial charge in [-0.1, -0.05) is 196 Å². The Bertz CT molecular complexity index is 3580. The Labute approximate surface area is 449 Å². The van der Waals surface area contributed by atoms with Crippen LogP contribution in [0.25, 0.3) is 44.1 Å². The lowest BCUT2D eigenvalue weighted by molar-refractivity contribution is -0.126. The Morgan fingerprint density at radius 3 is 1.40 bits per heavy atom. The molecule has 2 aromatic heterocycles. The molecule has 16 rings (SSSR count). The second-order valence-corrected chi connectivity index (χ2v) is 22.4. The van der Waals surface area contributed by atoms with E-state index in [9.17, 15) is 4.79 Å². The predicted octanol–water partition coefficient (Wildman–Crippen LogP) is 17.3. The smallest absolute Gasteiger partial charge is 0.233 e. The molecule has 0 fully saturated rings. The molecule has 6 aliphatic rings. The van der Waals surface area contributed by atoms with Gasteiger partial charge in [0.15, 0.2) is 10.3 Å². The number of amides is 1. The van der Waals surface area contributed by atoms with Crippen molar-refractivity contribution < 1.29 is 9.53 Å². The Morgan fingerprint density at radius 1 is 0.520 bits per heavy atom. The number of carbonyl (C=O) groups excluding carboxylic acids is 1. The molecule has 0 saturated heterocycles. The van der Waals surface area contributed by atoms with Gasteiger partial charge in [-0.15, -0.1) is 22.7 Å². The number of hydrogen-bond acceptors (Lipinski definition) is 7. The third kappa shape index (κ3) is 8.96. The summed E-state index contributed by atoms with van der Waals surface area (Å²) in [6.07, 6.45) is 1.97. The maximum absolute atomic E-state index is 13.9. The summed E-state index contributed by atoms with van der Waals surface area (Å²) in [5.74, 6) is 1.22. The molecule has 10 aromatic rings. The second-order valence-electron chi connectivity index (χ2n) is 20.7. The van der Waals surface area contributed by atoms with Gasteiger partial charge in [-0.25, -0.2) is 9.97 Å². The van der Waals surface area contributed by atoms with E-state index in [0.717, 1.165) is 48.3 Å². The molecular weight excluding hydrogens is 957 g/mol. The van der Waals surface area contributed by atoms with E-state index < -0.39 is 5.41 Å². The van der Waals surface area contributed by atoms with Crippen molar-refractivity contribution in [1.29, 1.82) is 0 Å². The number of rotatable bonds is 9. The van der Waals surface area contributed by atoms with Gasteiger partial charge in [-0.05, 0) is 105 Å². The summed E-state index contributed by atoms with van der Waals surface area (Å²) in [6.45, 7) is 11.2. The van der Waals surface area contributed by atoms with Crippen LogP contribution in [0.1, 0.15) is 116 Å². The van der Waals surface area contributed by atoms with Crippen LogP contribution in [-0.2, 0) is 9.53 Å². The Kier molecular flexibility index (Phi) is 13.9. The van der Waals surface area contributed by atoms with E-state index in [2.05, 4.69) is 206 Å². The lowest BCUT2D eigenvalue weighted by Gasteiger charge is -2.52. The highest BCUT2D eigenvalue weighted by Gasteiger charge is 2.54. The molecule has 2 unspecified atom stereocenters. The van der Waals surface area contributed by atoms with Crippen LogP contribution < -0.4 is 10.6 Å². The molecule has 6 aliphatic carbocycles. The van der Waals surface area contributed by atoms with Gasteiger partial charge in [-0.3, -0.25) is 4.79 Å². The number of aromatic nitrogens is 2. The van der Waals surface area contributed by atoms with Gasteiger partial charge in [0, 0.05) is 65.3 Å². The summed E-state index contributed by atoms with van der Waals surface area (Å²) in [5, 5.41) is 17.7. The van der Waals surface area contributed by atoms with Gasteiger partial charge in [0.1, 0.15) is 0 Å². The van der Waals surface area contributed by atoms with E-state index in [1.165, 1.54) is 89.4 Å². The van der Waals surface area contributed by atoms with Crippen LogP contribution in [0.4, 0.5) is 10.3 Å². The maximum atomic E-state index is 13.9. The van der Waals surface area contributed by atoms with Gasteiger partial charge in [-0.2, -0.15) is 0 Å². The fourth-order valence-electron chi connectivity index (χ4n) is 13.0. The van der Waals surface area contributed by atoms with Crippen molar-refractivity contribution in [3.05, 3.63) is 237 Å². The molecule has 0 saturated carbocycles. The fraction of sp³-hybridized carbons (Fsp3) is 0.239. The summed E-state index contributed by atoms with van der Waals surface area (Å²) < 4.78 is 4.83. The van der Waals surface area contributed by atoms with Crippen LogP contribution in [0.15, 0.2) is 193 Å². The third-order valence-corrected chi connectivity index (χ3v) is 17.9. The molecule has 2 heterocycles. The molecule has 6 nitrogen and oxygen atoms in total. The van der Waals surface area contributed by atoms with E-state index >= 15 is 0 Å². The molecule has 0 radical (unpaired) electrons. The number of hydrogen-bond donors (Lipinski definition) is 2. The topological polar surface area (TPSA) is 76.1 Å². The normalized spacial score (nSPS) is 21.0. The van der Waals surface area contributed by atoms with Gasteiger partial charge in [0.05, 0.1) is 16.8 Å². The first-order valence-electron chi connectivity index (χ1n) is 26.1. The Balaban J connectivity index is 0.000000146. The van der Waals surface area contributed by atoms with Crippen molar-refractivity contribution in [2.24, 2.45) is 10.8 Å². The molecule has 0 aliphatic heterocycles. The summed E-state index contributed by atoms with van der Waals surface area (Å²) in [4.78, 5) is 23.8. The summed E-state index contributed by atoms with van der Waals surface area (Å²) in [7, 11) is 0. The standard InChI is InChI=1S/C31H24N2OS.C31H26N2S.C4H10O.CH4/c1-31(17-26-21-12-4-6-14-24(21)28(31)25-15-7-5-13-22(25)26)29(34)33-30-32-27(18-35-30)23-16-8-10-19-9-2-3-11-20(19)23;1-31(17-27-22-12-4-6-14-25(22)29(31)26-15-7-5-13-23(26)27)19-32-30-33-28(18-34-30)24-16-8-10-20-9-2-3-11-21(20)24;1-3-5-4-2;/h2-16,18,26,28H,17H2,1H3,(H,32,33,34);2-16,18,27,29H,17,19H2,1H3,(H,32,33);3-4H2,1-2H3;1H4. The minimum absolute atomic E-state index is 0. The fourth-order valence-corrected chi connectivity index (χ4v) is 14.4. The average molecular weight is 1020 g/mol. The van der Waals surface area contributed by atoms with Crippen LogP contribution in [-0.4, -0.2) is 35.6 Å². The monoisotopic (exact) mass is 1020 g/mol. The molecule has 376 valence electrons. The lowest BCUT2D eigenvalue weighted by atomic mass is 9.52. The van der Waals surface area contributed by atoms with Gasteiger partial charge in [0.2, 0.25) is 5.91 Å². The van der Waals surface area contributed by atoms with Crippen molar-refractivity contribution in [1.82, 2.24) is 9.97 Å². The number of fused-ring (bicyclic) bond motifs is 4. The summed E-state index contributed by atoms with van der Waals surface area (Å²) in [6, 6.07) is 65.1. The first-order chi connectivity index (χ1) is 36.3. The molecule has 8 aromatic carbocycles. The quantitative estimate of drug-likeness (QED) is 0.151. The van der Waals surface area contributed by atoms with Gasteiger partial charge in [0.25, 0.3) is 0 Å². The van der Waals surface area contributed by atoms with Gasteiger partial charge >= 0.3 is 0 Å². The minimum atomic E-state index is -0.543. The first kappa shape index (κ1) is 50.0. The first-order valence-corrected chi connectivity index (χ1v) is 27.9. The molecule has 2 N–H and O–H groups in total. The number of anilines is 2. The molecule has 2 atom stereocenters. The molecule has 4 bridgehead atoms. The molecular formula is C67H64N4O2S2. The van der Waals surface area contributed by atoms with Crippen molar-refractivity contribution in [3.8, 4) is 22.5 Å². The van der Waals surface area contributed by atoms with Crippen molar-refractivity contribution >= 4 is 60.4 Å². The molecule has 8 heteroatoms. The summed E-state index contributed by atoms with van der Waals surface area (Å²) >= 11 is 3.20. The number of nitrogens with zero attached hydrogens (tertiary/aromatic N) is 2. The van der Waals surface area contributed by atoms with E-state index in [4.69, 9.17) is 14.7 Å². The predicted molar refractivity (Wildman–Crippen MR) is 315 cm³/mol. The second kappa shape index (κ2) is 20.8. The van der Waals surface area contributed by atoms with Crippen LogP contribution in [0, 0.1) is 10.8 Å². The zero-order valence-corrected chi connectivity index (χ0v) is 44.0. The molecule has 75 heavy (non-hydrogen) atoms. The number of carbonyl (C=O) groups is 1. The highest BCUT2D eigenvalue weighted by molar-refractivity contribution is 7.14. The number of ether oxygens (including phenoxy) is 1. The van der Waals surface area contributed by atoms with E-state index in [1.54, 1.807) is 11.3 Å². The lowest BCUT2D eigenvalue weighted by Crippen LogP contribution is -2.47. The highest BCUT2D eigenvalue weighted by atomic mass is 32.1. The molecule has 0 spiro atoms. The number of benzene rings is 8. The number of nitrogens with one attached hydrogen (secondary N) is 2. The van der Waals surface area contributed by atoms with Crippen LogP contribution in [0.3, 0.4) is 0 Å². The summed E-state index contributed by atoms with van der Waals surface area (Å²) in [5.41, 5.74) is 15.2. The minimum Gasteiger partial charge on any atom is -0.382 e.